The van der Waals surface area contributed by atoms with Crippen molar-refractivity contribution in [2.75, 3.05) is 13.1 Å². The van der Waals surface area contributed by atoms with Crippen LogP contribution in [0.3, 0.4) is 0 Å². The summed E-state index contributed by atoms with van der Waals surface area (Å²) < 4.78 is 0. The number of piperazine rings is 1. The second-order valence-corrected chi connectivity index (χ2v) is 7.40. The minimum Gasteiger partial charge on any atom is -0.311 e. The summed E-state index contributed by atoms with van der Waals surface area (Å²) >= 11 is 0. The fourth-order valence-corrected chi connectivity index (χ4v) is 3.52. The molecule has 114 valence electrons. The molecule has 0 aromatic rings. The highest BCUT2D eigenvalue weighted by Gasteiger charge is 2.36. The molecule has 1 fully saturated rings. The van der Waals surface area contributed by atoms with E-state index < -0.39 is 0 Å². The molecule has 0 saturated carbocycles. The third-order valence-corrected chi connectivity index (χ3v) is 5.23. The lowest BCUT2D eigenvalue weighted by molar-refractivity contribution is 0.0300. The van der Waals surface area contributed by atoms with Crippen LogP contribution in [0.4, 0.5) is 0 Å². The molecule has 0 radical (unpaired) electrons. The van der Waals surface area contributed by atoms with Gasteiger partial charge in [-0.3, -0.25) is 4.90 Å². The summed E-state index contributed by atoms with van der Waals surface area (Å²) in [5.41, 5.74) is 0.352. The molecule has 1 saturated heterocycles. The molecule has 3 unspecified atom stereocenters. The molecule has 0 bridgehead atoms. The molecule has 0 aliphatic carbocycles. The van der Waals surface area contributed by atoms with Crippen LogP contribution in [0.5, 0.6) is 0 Å². The van der Waals surface area contributed by atoms with E-state index in [2.05, 4.69) is 58.7 Å². The van der Waals surface area contributed by atoms with E-state index in [0.717, 1.165) is 12.5 Å². The molecule has 1 aliphatic heterocycles. The van der Waals surface area contributed by atoms with Crippen LogP contribution < -0.4 is 5.32 Å². The van der Waals surface area contributed by atoms with Gasteiger partial charge in [0.25, 0.3) is 0 Å². The molecular formula is C17H36N2. The van der Waals surface area contributed by atoms with Gasteiger partial charge >= 0.3 is 0 Å². The fourth-order valence-electron chi connectivity index (χ4n) is 3.52. The summed E-state index contributed by atoms with van der Waals surface area (Å²) in [5.74, 6) is 0.841. The minimum absolute atomic E-state index is 0.352. The van der Waals surface area contributed by atoms with E-state index in [0.29, 0.717) is 23.5 Å². The lowest BCUT2D eigenvalue weighted by Gasteiger charge is -2.49. The molecule has 2 heteroatoms. The average molecular weight is 268 g/mol. The SMILES string of the molecule is CCC(CC)C(C)N1CC(C(C)(C)C)NCC1CC. The van der Waals surface area contributed by atoms with Gasteiger partial charge in [-0.15, -0.1) is 0 Å². The van der Waals surface area contributed by atoms with Gasteiger partial charge in [-0.25, -0.2) is 0 Å². The lowest BCUT2D eigenvalue weighted by atomic mass is 9.83. The normalized spacial score (nSPS) is 27.8. The summed E-state index contributed by atoms with van der Waals surface area (Å²) in [6, 6.07) is 2.05. The summed E-state index contributed by atoms with van der Waals surface area (Å²) in [6.45, 7) is 18.9. The molecule has 3 atom stereocenters. The zero-order chi connectivity index (χ0) is 14.6. The average Bonchev–Trinajstić information content (AvgIpc) is 2.38. The smallest absolute Gasteiger partial charge is 0.0244 e. The first-order valence-corrected chi connectivity index (χ1v) is 8.34. The van der Waals surface area contributed by atoms with Crippen LogP contribution in [0.1, 0.15) is 67.7 Å². The van der Waals surface area contributed by atoms with Gasteiger partial charge in [0.15, 0.2) is 0 Å². The van der Waals surface area contributed by atoms with Crippen LogP contribution >= 0.6 is 0 Å². The maximum Gasteiger partial charge on any atom is 0.0244 e. The van der Waals surface area contributed by atoms with Crippen molar-refractivity contribution < 1.29 is 0 Å². The van der Waals surface area contributed by atoms with E-state index in [1.165, 1.54) is 25.8 Å². The van der Waals surface area contributed by atoms with Gasteiger partial charge in [0.1, 0.15) is 0 Å². The second-order valence-electron chi connectivity index (χ2n) is 7.40. The molecule has 0 spiro atoms. The number of hydrogen-bond donors (Lipinski definition) is 1. The molecule has 0 amide bonds. The minimum atomic E-state index is 0.352. The largest absolute Gasteiger partial charge is 0.311 e. The first-order chi connectivity index (χ1) is 8.85. The van der Waals surface area contributed by atoms with Crippen LogP contribution in [0.15, 0.2) is 0 Å². The molecule has 1 aliphatic rings. The molecular weight excluding hydrogens is 232 g/mol. The summed E-state index contributed by atoms with van der Waals surface area (Å²) in [7, 11) is 0. The maximum absolute atomic E-state index is 3.78. The Hall–Kier alpha value is -0.0800. The maximum atomic E-state index is 3.78. The molecule has 2 nitrogen and oxygen atoms in total. The molecule has 0 aromatic carbocycles. The van der Waals surface area contributed by atoms with E-state index in [1.807, 2.05) is 0 Å². The Morgan fingerprint density at radius 3 is 2.16 bits per heavy atom. The van der Waals surface area contributed by atoms with Gasteiger partial charge in [-0.2, -0.15) is 0 Å². The summed E-state index contributed by atoms with van der Waals surface area (Å²) in [4.78, 5) is 2.80. The van der Waals surface area contributed by atoms with Crippen molar-refractivity contribution in [2.45, 2.75) is 85.9 Å². The zero-order valence-electron chi connectivity index (χ0n) is 14.3. The van der Waals surface area contributed by atoms with Crippen molar-refractivity contribution in [3.8, 4) is 0 Å². The number of rotatable bonds is 5. The van der Waals surface area contributed by atoms with Gasteiger partial charge in [-0.05, 0) is 24.7 Å². The first kappa shape index (κ1) is 17.0. The van der Waals surface area contributed by atoms with Gasteiger partial charge in [0.05, 0.1) is 0 Å². The predicted molar refractivity (Wildman–Crippen MR) is 85.6 cm³/mol. The molecule has 0 aromatic heterocycles. The van der Waals surface area contributed by atoms with Gasteiger partial charge in [0.2, 0.25) is 0 Å². The highest BCUT2D eigenvalue weighted by molar-refractivity contribution is 4.94. The topological polar surface area (TPSA) is 15.3 Å². The van der Waals surface area contributed by atoms with Crippen molar-refractivity contribution in [2.24, 2.45) is 11.3 Å². The highest BCUT2D eigenvalue weighted by atomic mass is 15.3. The van der Waals surface area contributed by atoms with Crippen LogP contribution in [0.2, 0.25) is 0 Å². The van der Waals surface area contributed by atoms with Crippen molar-refractivity contribution in [1.29, 1.82) is 0 Å². The predicted octanol–water partition coefficient (Wildman–Crippen LogP) is 3.91. The van der Waals surface area contributed by atoms with Gasteiger partial charge < -0.3 is 5.32 Å². The quantitative estimate of drug-likeness (QED) is 0.813. The molecule has 1 N–H and O–H groups in total. The Bertz CT molecular complexity index is 252. The Kier molecular flexibility index (Phi) is 6.32. The second kappa shape index (κ2) is 7.08. The van der Waals surface area contributed by atoms with E-state index in [9.17, 15) is 0 Å². The van der Waals surface area contributed by atoms with Crippen LogP contribution in [0.25, 0.3) is 0 Å². The standard InChI is InChI=1S/C17H36N2/c1-8-14(9-2)13(4)19-12-16(17(5,6)7)18-11-15(19)10-3/h13-16,18H,8-12H2,1-7H3. The Balaban J connectivity index is 2.80. The van der Waals surface area contributed by atoms with E-state index in [1.54, 1.807) is 0 Å². The van der Waals surface area contributed by atoms with E-state index in [-0.39, 0.29) is 0 Å². The van der Waals surface area contributed by atoms with E-state index >= 15 is 0 Å². The first-order valence-electron chi connectivity index (χ1n) is 8.34. The third kappa shape index (κ3) is 4.19. The lowest BCUT2D eigenvalue weighted by Crippen LogP contribution is -2.63. The Labute approximate surface area is 121 Å². The Morgan fingerprint density at radius 1 is 1.16 bits per heavy atom. The van der Waals surface area contributed by atoms with Gasteiger partial charge in [-0.1, -0.05) is 54.4 Å². The Morgan fingerprint density at radius 2 is 1.74 bits per heavy atom. The van der Waals surface area contributed by atoms with Crippen molar-refractivity contribution >= 4 is 0 Å². The summed E-state index contributed by atoms with van der Waals surface area (Å²) in [6.07, 6.45) is 3.87. The highest BCUT2D eigenvalue weighted by Crippen LogP contribution is 2.28. The van der Waals surface area contributed by atoms with Crippen LogP contribution in [-0.4, -0.2) is 36.1 Å². The molecule has 1 rings (SSSR count). The number of nitrogens with zero attached hydrogens (tertiary/aromatic N) is 1. The van der Waals surface area contributed by atoms with E-state index in [4.69, 9.17) is 0 Å². The van der Waals surface area contributed by atoms with Crippen LogP contribution in [0, 0.1) is 11.3 Å². The van der Waals surface area contributed by atoms with Crippen molar-refractivity contribution in [1.82, 2.24) is 10.2 Å². The van der Waals surface area contributed by atoms with Crippen molar-refractivity contribution in [3.05, 3.63) is 0 Å². The summed E-state index contributed by atoms with van der Waals surface area (Å²) in [5, 5.41) is 3.78. The number of nitrogens with one attached hydrogen (secondary N) is 1. The van der Waals surface area contributed by atoms with Crippen LogP contribution in [-0.2, 0) is 0 Å². The van der Waals surface area contributed by atoms with Gasteiger partial charge in [0, 0.05) is 31.2 Å². The molecule has 19 heavy (non-hydrogen) atoms. The van der Waals surface area contributed by atoms with Crippen molar-refractivity contribution in [3.63, 3.8) is 0 Å². The number of hydrogen-bond acceptors (Lipinski definition) is 2. The molecule has 1 heterocycles. The monoisotopic (exact) mass is 268 g/mol. The fraction of sp³-hybridized carbons (Fsp3) is 1.00. The third-order valence-electron chi connectivity index (χ3n) is 5.23. The zero-order valence-corrected chi connectivity index (χ0v) is 14.3.